The molecule has 0 saturated carbocycles. The van der Waals surface area contributed by atoms with Gasteiger partial charge in [-0.3, -0.25) is 9.48 Å². The molecular weight excluding hydrogens is 386 g/mol. The molecule has 0 unspecified atom stereocenters. The summed E-state index contributed by atoms with van der Waals surface area (Å²) < 4.78 is 3.54. The summed E-state index contributed by atoms with van der Waals surface area (Å²) in [6.07, 6.45) is 1.82. The molecule has 4 rings (SSSR count). The molecular formula is C22H20ClN5O. The molecule has 0 aliphatic heterocycles. The summed E-state index contributed by atoms with van der Waals surface area (Å²) in [5.74, 6) is 0.262. The number of halogens is 1. The minimum absolute atomic E-state index is 0.227. The lowest BCUT2D eigenvalue weighted by atomic mass is 10.2. The number of amides is 1. The van der Waals surface area contributed by atoms with Crippen molar-refractivity contribution in [3.63, 3.8) is 0 Å². The van der Waals surface area contributed by atoms with Crippen LogP contribution < -0.4 is 5.32 Å². The molecule has 0 aliphatic rings. The van der Waals surface area contributed by atoms with Crippen LogP contribution in [0, 0.1) is 13.8 Å². The first-order chi connectivity index (χ1) is 14.0. The average Bonchev–Trinajstić information content (AvgIpc) is 3.25. The Balaban J connectivity index is 1.52. The molecule has 146 valence electrons. The standard InChI is InChI=1S/C22H20ClN5O/c1-15-21(16(2)28(25-15)19-9-4-3-5-10-19)22(29)24-20-11-12-27(26-20)14-17-7-6-8-18(23)13-17/h3-13H,14H2,1-2H3,(H,24,26,29). The summed E-state index contributed by atoms with van der Waals surface area (Å²) >= 11 is 6.03. The molecule has 6 nitrogen and oxygen atoms in total. The van der Waals surface area contributed by atoms with E-state index in [1.54, 1.807) is 15.4 Å². The van der Waals surface area contributed by atoms with Crippen LogP contribution in [0.1, 0.15) is 27.3 Å². The zero-order chi connectivity index (χ0) is 20.4. The van der Waals surface area contributed by atoms with Gasteiger partial charge in [0, 0.05) is 17.3 Å². The maximum absolute atomic E-state index is 12.9. The number of hydrogen-bond donors (Lipinski definition) is 1. The van der Waals surface area contributed by atoms with E-state index < -0.39 is 0 Å². The van der Waals surface area contributed by atoms with Gasteiger partial charge in [0.05, 0.1) is 29.2 Å². The first-order valence-corrected chi connectivity index (χ1v) is 9.60. The Morgan fingerprint density at radius 1 is 1.03 bits per heavy atom. The molecule has 1 amide bonds. The smallest absolute Gasteiger partial charge is 0.260 e. The third kappa shape index (κ3) is 4.07. The Labute approximate surface area is 173 Å². The van der Waals surface area contributed by atoms with Gasteiger partial charge >= 0.3 is 0 Å². The molecule has 7 heteroatoms. The monoisotopic (exact) mass is 405 g/mol. The molecule has 0 aliphatic carbocycles. The van der Waals surface area contributed by atoms with Gasteiger partial charge in [-0.1, -0.05) is 41.9 Å². The fraction of sp³-hybridized carbons (Fsp3) is 0.136. The predicted octanol–water partition coefficient (Wildman–Crippen LogP) is 4.64. The molecule has 4 aromatic rings. The van der Waals surface area contributed by atoms with Gasteiger partial charge in [0.2, 0.25) is 0 Å². The van der Waals surface area contributed by atoms with E-state index in [1.807, 2.05) is 74.6 Å². The minimum Gasteiger partial charge on any atom is -0.305 e. The molecule has 0 atom stereocenters. The second kappa shape index (κ2) is 7.93. The lowest BCUT2D eigenvalue weighted by molar-refractivity contribution is 0.102. The Morgan fingerprint density at radius 3 is 2.59 bits per heavy atom. The molecule has 2 heterocycles. The van der Waals surface area contributed by atoms with Crippen molar-refractivity contribution < 1.29 is 4.79 Å². The van der Waals surface area contributed by atoms with Crippen molar-refractivity contribution in [1.82, 2.24) is 19.6 Å². The Kier molecular flexibility index (Phi) is 5.18. The number of carbonyl (C=O) groups excluding carboxylic acids is 1. The zero-order valence-corrected chi connectivity index (χ0v) is 16.9. The average molecular weight is 406 g/mol. The van der Waals surface area contributed by atoms with E-state index in [4.69, 9.17) is 11.6 Å². The van der Waals surface area contributed by atoms with Crippen LogP contribution in [-0.4, -0.2) is 25.5 Å². The third-order valence-electron chi connectivity index (χ3n) is 4.64. The van der Waals surface area contributed by atoms with Crippen molar-refractivity contribution in [2.24, 2.45) is 0 Å². The lowest BCUT2D eigenvalue weighted by Gasteiger charge is -2.06. The number of benzene rings is 2. The van der Waals surface area contributed by atoms with E-state index in [-0.39, 0.29) is 5.91 Å². The highest BCUT2D eigenvalue weighted by molar-refractivity contribution is 6.30. The molecule has 0 spiro atoms. The fourth-order valence-electron chi connectivity index (χ4n) is 3.31. The first-order valence-electron chi connectivity index (χ1n) is 9.22. The Morgan fingerprint density at radius 2 is 1.83 bits per heavy atom. The highest BCUT2D eigenvalue weighted by atomic mass is 35.5. The van der Waals surface area contributed by atoms with Gasteiger partial charge in [-0.25, -0.2) is 4.68 Å². The highest BCUT2D eigenvalue weighted by Gasteiger charge is 2.20. The number of aromatic nitrogens is 4. The van der Waals surface area contributed by atoms with Crippen LogP contribution in [0.5, 0.6) is 0 Å². The van der Waals surface area contributed by atoms with E-state index in [9.17, 15) is 4.79 Å². The van der Waals surface area contributed by atoms with Crippen LogP contribution >= 0.6 is 11.6 Å². The van der Waals surface area contributed by atoms with Crippen LogP contribution in [-0.2, 0) is 6.54 Å². The highest BCUT2D eigenvalue weighted by Crippen LogP contribution is 2.19. The second-order valence-corrected chi connectivity index (χ2v) is 7.21. The Bertz CT molecular complexity index is 1160. The quantitative estimate of drug-likeness (QED) is 0.526. The Hall–Kier alpha value is -3.38. The van der Waals surface area contributed by atoms with Crippen molar-refractivity contribution in [2.75, 3.05) is 5.32 Å². The van der Waals surface area contributed by atoms with Crippen molar-refractivity contribution in [2.45, 2.75) is 20.4 Å². The molecule has 1 N–H and O–H groups in total. The number of aryl methyl sites for hydroxylation is 1. The third-order valence-corrected chi connectivity index (χ3v) is 4.87. The van der Waals surface area contributed by atoms with E-state index in [1.165, 1.54) is 0 Å². The van der Waals surface area contributed by atoms with Gasteiger partial charge in [0.1, 0.15) is 0 Å². The predicted molar refractivity (Wildman–Crippen MR) is 114 cm³/mol. The second-order valence-electron chi connectivity index (χ2n) is 6.78. The number of hydrogen-bond acceptors (Lipinski definition) is 3. The van der Waals surface area contributed by atoms with Crippen LogP contribution in [0.3, 0.4) is 0 Å². The number of nitrogens with zero attached hydrogens (tertiary/aromatic N) is 4. The van der Waals surface area contributed by atoms with E-state index in [0.29, 0.717) is 28.6 Å². The normalized spacial score (nSPS) is 10.9. The first kappa shape index (κ1) is 19.0. The van der Waals surface area contributed by atoms with Gasteiger partial charge in [-0.05, 0) is 43.7 Å². The maximum atomic E-state index is 12.9. The number of anilines is 1. The molecule has 2 aromatic heterocycles. The molecule has 29 heavy (non-hydrogen) atoms. The lowest BCUT2D eigenvalue weighted by Crippen LogP contribution is -2.15. The summed E-state index contributed by atoms with van der Waals surface area (Å²) in [6.45, 7) is 4.29. The molecule has 0 bridgehead atoms. The van der Waals surface area contributed by atoms with Gasteiger partial charge in [-0.15, -0.1) is 0 Å². The van der Waals surface area contributed by atoms with Crippen LogP contribution in [0.25, 0.3) is 5.69 Å². The van der Waals surface area contributed by atoms with Gasteiger partial charge < -0.3 is 5.32 Å². The van der Waals surface area contributed by atoms with Crippen molar-refractivity contribution in [3.05, 3.63) is 94.4 Å². The largest absolute Gasteiger partial charge is 0.305 e. The summed E-state index contributed by atoms with van der Waals surface area (Å²) in [4.78, 5) is 12.9. The zero-order valence-electron chi connectivity index (χ0n) is 16.1. The topological polar surface area (TPSA) is 64.7 Å². The van der Waals surface area contributed by atoms with Crippen molar-refractivity contribution in [1.29, 1.82) is 0 Å². The molecule has 0 saturated heterocycles. The van der Waals surface area contributed by atoms with Crippen molar-refractivity contribution in [3.8, 4) is 5.69 Å². The molecule has 2 aromatic carbocycles. The number of nitrogens with one attached hydrogen (secondary N) is 1. The summed E-state index contributed by atoms with van der Waals surface area (Å²) in [5, 5.41) is 12.5. The summed E-state index contributed by atoms with van der Waals surface area (Å²) in [6, 6.07) is 19.1. The fourth-order valence-corrected chi connectivity index (χ4v) is 3.52. The van der Waals surface area contributed by atoms with E-state index in [0.717, 1.165) is 16.9 Å². The number of rotatable bonds is 5. The van der Waals surface area contributed by atoms with Gasteiger partial charge in [-0.2, -0.15) is 10.2 Å². The number of para-hydroxylation sites is 1. The summed E-state index contributed by atoms with van der Waals surface area (Å²) in [5.41, 5.74) is 3.96. The van der Waals surface area contributed by atoms with Crippen LogP contribution in [0.2, 0.25) is 5.02 Å². The maximum Gasteiger partial charge on any atom is 0.260 e. The van der Waals surface area contributed by atoms with Crippen molar-refractivity contribution >= 4 is 23.3 Å². The van der Waals surface area contributed by atoms with Crippen LogP contribution in [0.15, 0.2) is 66.9 Å². The molecule has 0 fully saturated rings. The van der Waals surface area contributed by atoms with Crippen LogP contribution in [0.4, 0.5) is 5.82 Å². The molecule has 0 radical (unpaired) electrons. The van der Waals surface area contributed by atoms with Gasteiger partial charge in [0.25, 0.3) is 5.91 Å². The summed E-state index contributed by atoms with van der Waals surface area (Å²) in [7, 11) is 0. The van der Waals surface area contributed by atoms with E-state index >= 15 is 0 Å². The van der Waals surface area contributed by atoms with E-state index in [2.05, 4.69) is 15.5 Å². The van der Waals surface area contributed by atoms with Gasteiger partial charge in [0.15, 0.2) is 5.82 Å². The SMILES string of the molecule is Cc1nn(-c2ccccc2)c(C)c1C(=O)Nc1ccn(Cc2cccc(Cl)c2)n1. The minimum atomic E-state index is -0.227. The number of carbonyl (C=O) groups is 1.